The molecular formula is C14H18ClNO4. The Bertz CT molecular complexity index is 474. The zero-order chi connectivity index (χ0) is 15.1. The molecular weight excluding hydrogens is 282 g/mol. The Morgan fingerprint density at radius 2 is 2.00 bits per heavy atom. The van der Waals surface area contributed by atoms with Gasteiger partial charge < -0.3 is 15.1 Å². The summed E-state index contributed by atoms with van der Waals surface area (Å²) in [5.74, 6) is -1.35. The number of nitrogens with zero attached hydrogens (tertiary/aromatic N) is 1. The molecule has 0 saturated carbocycles. The molecule has 0 radical (unpaired) electrons. The highest BCUT2D eigenvalue weighted by Crippen LogP contribution is 2.19. The van der Waals surface area contributed by atoms with Crippen molar-refractivity contribution in [3.05, 3.63) is 34.9 Å². The summed E-state index contributed by atoms with van der Waals surface area (Å²) in [6, 6.07) is 6.17. The van der Waals surface area contributed by atoms with E-state index in [9.17, 15) is 14.7 Å². The van der Waals surface area contributed by atoms with E-state index in [0.717, 1.165) is 0 Å². The standard InChI is InChI=1S/C14H18ClNO4/c1-2-10(9-17)16(8-7-13(18)19)14(20)11-5-3-4-6-12(11)15/h3-6,10,17H,2,7-9H2,1H3,(H,18,19). The third kappa shape index (κ3) is 4.21. The van der Waals surface area contributed by atoms with Gasteiger partial charge in [0.05, 0.1) is 29.7 Å². The Morgan fingerprint density at radius 3 is 2.50 bits per heavy atom. The van der Waals surface area contributed by atoms with Crippen LogP contribution in [0, 0.1) is 0 Å². The van der Waals surface area contributed by atoms with Crippen molar-refractivity contribution in [2.75, 3.05) is 13.2 Å². The SMILES string of the molecule is CCC(CO)N(CCC(=O)O)C(=O)c1ccccc1Cl. The Hall–Kier alpha value is -1.59. The molecule has 1 amide bonds. The number of rotatable bonds is 7. The number of aliphatic hydroxyl groups is 1. The van der Waals surface area contributed by atoms with Gasteiger partial charge in [0.15, 0.2) is 0 Å². The number of hydrogen-bond donors (Lipinski definition) is 2. The van der Waals surface area contributed by atoms with Crippen LogP contribution in [0.4, 0.5) is 0 Å². The topological polar surface area (TPSA) is 77.8 Å². The minimum atomic E-state index is -0.991. The fourth-order valence-electron chi connectivity index (χ4n) is 1.90. The molecule has 1 atom stereocenters. The number of carboxylic acids is 1. The molecule has 0 aromatic heterocycles. The molecule has 1 unspecified atom stereocenters. The van der Waals surface area contributed by atoms with E-state index < -0.39 is 12.0 Å². The average molecular weight is 300 g/mol. The van der Waals surface area contributed by atoms with Gasteiger partial charge in [-0.05, 0) is 18.6 Å². The maximum Gasteiger partial charge on any atom is 0.305 e. The maximum absolute atomic E-state index is 12.5. The number of aliphatic carboxylic acids is 1. The number of hydrogen-bond acceptors (Lipinski definition) is 3. The van der Waals surface area contributed by atoms with Crippen molar-refractivity contribution in [1.82, 2.24) is 4.90 Å². The summed E-state index contributed by atoms with van der Waals surface area (Å²) < 4.78 is 0. The van der Waals surface area contributed by atoms with E-state index in [1.165, 1.54) is 4.90 Å². The molecule has 0 bridgehead atoms. The lowest BCUT2D eigenvalue weighted by atomic mass is 10.1. The first-order chi connectivity index (χ1) is 9.51. The van der Waals surface area contributed by atoms with E-state index in [0.29, 0.717) is 17.0 Å². The first kappa shape index (κ1) is 16.5. The third-order valence-corrected chi connectivity index (χ3v) is 3.38. The number of aliphatic hydroxyl groups excluding tert-OH is 1. The van der Waals surface area contributed by atoms with Crippen molar-refractivity contribution >= 4 is 23.5 Å². The number of benzene rings is 1. The van der Waals surface area contributed by atoms with E-state index >= 15 is 0 Å². The Morgan fingerprint density at radius 1 is 1.35 bits per heavy atom. The largest absolute Gasteiger partial charge is 0.481 e. The summed E-state index contributed by atoms with van der Waals surface area (Å²) in [6.07, 6.45) is 0.360. The lowest BCUT2D eigenvalue weighted by molar-refractivity contribution is -0.137. The van der Waals surface area contributed by atoms with Crippen LogP contribution < -0.4 is 0 Å². The number of halogens is 1. The van der Waals surface area contributed by atoms with Gasteiger partial charge in [-0.1, -0.05) is 30.7 Å². The number of carboxylic acid groups (broad SMARTS) is 1. The zero-order valence-corrected chi connectivity index (χ0v) is 12.0. The van der Waals surface area contributed by atoms with Crippen molar-refractivity contribution < 1.29 is 19.8 Å². The molecule has 0 spiro atoms. The van der Waals surface area contributed by atoms with Crippen molar-refractivity contribution in [3.63, 3.8) is 0 Å². The van der Waals surface area contributed by atoms with Gasteiger partial charge in [-0.25, -0.2) is 0 Å². The second kappa shape index (κ2) is 7.87. The Labute approximate surface area is 122 Å². The lowest BCUT2D eigenvalue weighted by Gasteiger charge is -2.29. The molecule has 0 aliphatic heterocycles. The summed E-state index contributed by atoms with van der Waals surface area (Å²) in [7, 11) is 0. The van der Waals surface area contributed by atoms with Gasteiger partial charge in [-0.2, -0.15) is 0 Å². The minimum absolute atomic E-state index is 0.0401. The molecule has 6 heteroatoms. The van der Waals surface area contributed by atoms with Gasteiger partial charge in [-0.15, -0.1) is 0 Å². The maximum atomic E-state index is 12.5. The molecule has 0 saturated heterocycles. The molecule has 1 aromatic rings. The van der Waals surface area contributed by atoms with Crippen LogP contribution >= 0.6 is 11.6 Å². The normalized spacial score (nSPS) is 11.9. The van der Waals surface area contributed by atoms with Crippen LogP contribution in [0.25, 0.3) is 0 Å². The fraction of sp³-hybridized carbons (Fsp3) is 0.429. The van der Waals surface area contributed by atoms with E-state index in [1.54, 1.807) is 24.3 Å². The third-order valence-electron chi connectivity index (χ3n) is 3.05. The fourth-order valence-corrected chi connectivity index (χ4v) is 2.12. The Kier molecular flexibility index (Phi) is 6.48. The quantitative estimate of drug-likeness (QED) is 0.807. The summed E-state index contributed by atoms with van der Waals surface area (Å²) in [6.45, 7) is 1.65. The molecule has 0 aliphatic carbocycles. The second-order valence-electron chi connectivity index (χ2n) is 4.37. The van der Waals surface area contributed by atoms with Crippen LogP contribution in [0.15, 0.2) is 24.3 Å². The molecule has 5 nitrogen and oxygen atoms in total. The summed E-state index contributed by atoms with van der Waals surface area (Å²) >= 11 is 5.99. The van der Waals surface area contributed by atoms with Gasteiger partial charge in [0.25, 0.3) is 5.91 Å². The van der Waals surface area contributed by atoms with E-state index in [2.05, 4.69) is 0 Å². The molecule has 1 aromatic carbocycles. The van der Waals surface area contributed by atoms with Gasteiger partial charge in [0, 0.05) is 6.54 Å². The number of amides is 1. The molecule has 110 valence electrons. The van der Waals surface area contributed by atoms with Crippen LogP contribution in [0.3, 0.4) is 0 Å². The highest BCUT2D eigenvalue weighted by atomic mass is 35.5. The molecule has 0 heterocycles. The molecule has 20 heavy (non-hydrogen) atoms. The molecule has 1 rings (SSSR count). The Balaban J connectivity index is 3.00. The van der Waals surface area contributed by atoms with Crippen LogP contribution in [-0.4, -0.2) is 46.2 Å². The smallest absolute Gasteiger partial charge is 0.305 e. The van der Waals surface area contributed by atoms with Crippen LogP contribution in [0.1, 0.15) is 30.1 Å². The van der Waals surface area contributed by atoms with Crippen molar-refractivity contribution in [3.8, 4) is 0 Å². The van der Waals surface area contributed by atoms with Crippen LogP contribution in [0.2, 0.25) is 5.02 Å². The first-order valence-corrected chi connectivity index (χ1v) is 6.77. The molecule has 2 N–H and O–H groups in total. The van der Waals surface area contributed by atoms with Crippen LogP contribution in [0.5, 0.6) is 0 Å². The summed E-state index contributed by atoms with van der Waals surface area (Å²) in [5, 5.41) is 18.4. The van der Waals surface area contributed by atoms with E-state index in [-0.39, 0.29) is 25.5 Å². The summed E-state index contributed by atoms with van der Waals surface area (Å²) in [4.78, 5) is 24.5. The summed E-state index contributed by atoms with van der Waals surface area (Å²) in [5.41, 5.74) is 0.312. The monoisotopic (exact) mass is 299 g/mol. The van der Waals surface area contributed by atoms with Gasteiger partial charge in [-0.3, -0.25) is 9.59 Å². The van der Waals surface area contributed by atoms with Crippen molar-refractivity contribution in [2.24, 2.45) is 0 Å². The minimum Gasteiger partial charge on any atom is -0.481 e. The highest BCUT2D eigenvalue weighted by Gasteiger charge is 2.24. The number of carbonyl (C=O) groups is 2. The van der Waals surface area contributed by atoms with Gasteiger partial charge in [0.1, 0.15) is 0 Å². The number of carbonyl (C=O) groups excluding carboxylic acids is 1. The molecule has 0 fully saturated rings. The van der Waals surface area contributed by atoms with E-state index in [1.807, 2.05) is 6.92 Å². The van der Waals surface area contributed by atoms with Crippen molar-refractivity contribution in [1.29, 1.82) is 0 Å². The predicted octanol–water partition coefficient (Wildman–Crippen LogP) is 2.03. The van der Waals surface area contributed by atoms with Gasteiger partial charge in [0.2, 0.25) is 0 Å². The lowest BCUT2D eigenvalue weighted by Crippen LogP contribution is -2.43. The predicted molar refractivity (Wildman–Crippen MR) is 75.9 cm³/mol. The average Bonchev–Trinajstić information content (AvgIpc) is 2.43. The van der Waals surface area contributed by atoms with Crippen LogP contribution in [-0.2, 0) is 4.79 Å². The van der Waals surface area contributed by atoms with E-state index in [4.69, 9.17) is 16.7 Å². The van der Waals surface area contributed by atoms with Crippen molar-refractivity contribution in [2.45, 2.75) is 25.8 Å². The first-order valence-electron chi connectivity index (χ1n) is 6.39. The van der Waals surface area contributed by atoms with Gasteiger partial charge >= 0.3 is 5.97 Å². The highest BCUT2D eigenvalue weighted by molar-refractivity contribution is 6.33. The molecule has 0 aliphatic rings. The second-order valence-corrected chi connectivity index (χ2v) is 4.77. The zero-order valence-electron chi connectivity index (χ0n) is 11.3.